The molecule has 0 aliphatic carbocycles. The summed E-state index contributed by atoms with van der Waals surface area (Å²) in [5.74, 6) is -0.269. The number of hydrogen-bond donors (Lipinski definition) is 2. The van der Waals surface area contributed by atoms with E-state index in [-0.39, 0.29) is 5.82 Å². The number of benzene rings is 1. The van der Waals surface area contributed by atoms with Gasteiger partial charge in [-0.2, -0.15) is 0 Å². The van der Waals surface area contributed by atoms with Crippen molar-refractivity contribution in [1.82, 2.24) is 4.90 Å². The molecule has 0 amide bonds. The molecule has 2 heterocycles. The summed E-state index contributed by atoms with van der Waals surface area (Å²) in [4.78, 5) is 2.57. The zero-order valence-corrected chi connectivity index (χ0v) is 12.4. The molecule has 2 aliphatic heterocycles. The van der Waals surface area contributed by atoms with Crippen LogP contribution >= 0.6 is 15.9 Å². The van der Waals surface area contributed by atoms with Crippen LogP contribution in [-0.2, 0) is 0 Å². The molecule has 0 radical (unpaired) electrons. The molecule has 0 aromatic heterocycles. The molecule has 2 unspecified atom stereocenters. The summed E-state index contributed by atoms with van der Waals surface area (Å²) < 4.78 is 14.0. The lowest BCUT2D eigenvalue weighted by molar-refractivity contribution is 0.188. The third-order valence-corrected chi connectivity index (χ3v) is 4.88. The van der Waals surface area contributed by atoms with Gasteiger partial charge in [0.2, 0.25) is 0 Å². The monoisotopic (exact) mass is 327 g/mol. The first kappa shape index (κ1) is 13.2. The molecular formula is C14H19BrFN3. The van der Waals surface area contributed by atoms with Crippen molar-refractivity contribution >= 4 is 27.3 Å². The minimum absolute atomic E-state index is 0.269. The average Bonchev–Trinajstić information content (AvgIpc) is 2.83. The summed E-state index contributed by atoms with van der Waals surface area (Å²) in [6.45, 7) is 2.38. The number of nitrogens with one attached hydrogen (secondary N) is 1. The number of anilines is 2. The van der Waals surface area contributed by atoms with Crippen molar-refractivity contribution in [1.29, 1.82) is 0 Å². The van der Waals surface area contributed by atoms with Crippen LogP contribution in [0.3, 0.4) is 0 Å². The highest BCUT2D eigenvalue weighted by atomic mass is 79.9. The van der Waals surface area contributed by atoms with Crippen molar-refractivity contribution in [2.75, 3.05) is 24.1 Å². The van der Waals surface area contributed by atoms with Crippen molar-refractivity contribution in [3.8, 4) is 0 Å². The number of rotatable bonds is 2. The maximum atomic E-state index is 13.6. The van der Waals surface area contributed by atoms with Crippen LogP contribution in [-0.4, -0.2) is 30.1 Å². The van der Waals surface area contributed by atoms with Crippen LogP contribution in [0.25, 0.3) is 0 Å². The molecule has 0 saturated carbocycles. The Morgan fingerprint density at radius 3 is 3.00 bits per heavy atom. The summed E-state index contributed by atoms with van der Waals surface area (Å²) >= 11 is 3.15. The zero-order valence-electron chi connectivity index (χ0n) is 10.8. The van der Waals surface area contributed by atoms with E-state index in [1.165, 1.54) is 25.5 Å². The van der Waals surface area contributed by atoms with Gasteiger partial charge < -0.3 is 16.0 Å². The van der Waals surface area contributed by atoms with Crippen LogP contribution in [0.2, 0.25) is 0 Å². The highest BCUT2D eigenvalue weighted by molar-refractivity contribution is 9.10. The maximum Gasteiger partial charge on any atom is 0.139 e. The molecule has 2 fully saturated rings. The summed E-state index contributed by atoms with van der Waals surface area (Å²) in [6.07, 6.45) is 4.85. The minimum atomic E-state index is -0.269. The Morgan fingerprint density at radius 2 is 2.16 bits per heavy atom. The lowest BCUT2D eigenvalue weighted by Crippen LogP contribution is -2.42. The molecule has 2 atom stereocenters. The zero-order chi connectivity index (χ0) is 13.4. The van der Waals surface area contributed by atoms with Gasteiger partial charge in [-0.3, -0.25) is 0 Å². The van der Waals surface area contributed by atoms with E-state index in [2.05, 4.69) is 26.1 Å². The number of halogens is 2. The quantitative estimate of drug-likeness (QED) is 0.819. The number of fused-ring (bicyclic) bond motifs is 1. The number of nitrogens with zero attached hydrogens (tertiary/aromatic N) is 1. The minimum Gasteiger partial charge on any atom is -0.397 e. The second-order valence-electron chi connectivity index (χ2n) is 5.55. The summed E-state index contributed by atoms with van der Waals surface area (Å²) in [6, 6.07) is 4.22. The van der Waals surface area contributed by atoms with E-state index in [9.17, 15) is 4.39 Å². The Bertz CT molecular complexity index is 480. The fraction of sp³-hybridized carbons (Fsp3) is 0.571. The van der Waals surface area contributed by atoms with E-state index in [1.54, 1.807) is 6.07 Å². The van der Waals surface area contributed by atoms with Crippen LogP contribution in [0.15, 0.2) is 16.6 Å². The van der Waals surface area contributed by atoms with Gasteiger partial charge in [-0.15, -0.1) is 0 Å². The lowest BCUT2D eigenvalue weighted by Gasteiger charge is -2.35. The van der Waals surface area contributed by atoms with Gasteiger partial charge in [0.15, 0.2) is 0 Å². The fourth-order valence-electron chi connectivity index (χ4n) is 3.26. The molecule has 0 bridgehead atoms. The van der Waals surface area contributed by atoms with Crippen LogP contribution in [0, 0.1) is 5.82 Å². The SMILES string of the molecule is Nc1cc(Br)c(F)cc1NC1CCN2CCCC2C1. The highest BCUT2D eigenvalue weighted by Crippen LogP contribution is 2.31. The largest absolute Gasteiger partial charge is 0.397 e. The van der Waals surface area contributed by atoms with Crippen molar-refractivity contribution in [2.24, 2.45) is 0 Å². The fourth-order valence-corrected chi connectivity index (χ4v) is 3.62. The third kappa shape index (κ3) is 2.72. The molecule has 2 saturated heterocycles. The molecule has 3 rings (SSSR count). The Hall–Kier alpha value is -0.810. The van der Waals surface area contributed by atoms with E-state index in [0.29, 0.717) is 22.2 Å². The van der Waals surface area contributed by atoms with Gasteiger partial charge in [0.05, 0.1) is 15.8 Å². The van der Waals surface area contributed by atoms with Crippen molar-refractivity contribution in [2.45, 2.75) is 37.8 Å². The van der Waals surface area contributed by atoms with Gasteiger partial charge in [0.1, 0.15) is 5.82 Å². The third-order valence-electron chi connectivity index (χ3n) is 4.27. The molecule has 1 aromatic carbocycles. The predicted molar refractivity (Wildman–Crippen MR) is 79.8 cm³/mol. The first-order valence-corrected chi connectivity index (χ1v) is 7.68. The Labute approximate surface area is 121 Å². The molecule has 5 heteroatoms. The van der Waals surface area contributed by atoms with E-state index in [1.807, 2.05) is 0 Å². The number of hydrogen-bond acceptors (Lipinski definition) is 3. The molecule has 0 spiro atoms. The van der Waals surface area contributed by atoms with Crippen LogP contribution in [0.5, 0.6) is 0 Å². The van der Waals surface area contributed by atoms with Gasteiger partial charge >= 0.3 is 0 Å². The van der Waals surface area contributed by atoms with Gasteiger partial charge in [0, 0.05) is 24.7 Å². The number of nitrogen functional groups attached to an aromatic ring is 1. The molecule has 1 aromatic rings. The molecule has 3 nitrogen and oxygen atoms in total. The van der Waals surface area contributed by atoms with Crippen molar-refractivity contribution in [3.63, 3.8) is 0 Å². The Morgan fingerprint density at radius 1 is 1.32 bits per heavy atom. The van der Waals surface area contributed by atoms with Crippen LogP contribution in [0.4, 0.5) is 15.8 Å². The predicted octanol–water partition coefficient (Wildman–Crippen LogP) is 3.21. The van der Waals surface area contributed by atoms with Gasteiger partial charge in [-0.25, -0.2) is 4.39 Å². The summed E-state index contributed by atoms with van der Waals surface area (Å²) in [5, 5.41) is 3.42. The Balaban J connectivity index is 1.70. The maximum absolute atomic E-state index is 13.6. The lowest BCUT2D eigenvalue weighted by atomic mass is 9.97. The van der Waals surface area contributed by atoms with Gasteiger partial charge in [0.25, 0.3) is 0 Å². The van der Waals surface area contributed by atoms with E-state index < -0.39 is 0 Å². The normalized spacial score (nSPS) is 27.3. The Kier molecular flexibility index (Phi) is 3.67. The average molecular weight is 328 g/mol. The van der Waals surface area contributed by atoms with E-state index in [4.69, 9.17) is 5.73 Å². The number of nitrogens with two attached hydrogens (primary N) is 1. The van der Waals surface area contributed by atoms with Crippen molar-refractivity contribution < 1.29 is 4.39 Å². The van der Waals surface area contributed by atoms with Crippen LogP contribution < -0.4 is 11.1 Å². The van der Waals surface area contributed by atoms with Gasteiger partial charge in [-0.1, -0.05) is 0 Å². The van der Waals surface area contributed by atoms with E-state index >= 15 is 0 Å². The topological polar surface area (TPSA) is 41.3 Å². The second-order valence-corrected chi connectivity index (χ2v) is 6.41. The first-order valence-electron chi connectivity index (χ1n) is 6.88. The van der Waals surface area contributed by atoms with Crippen LogP contribution in [0.1, 0.15) is 25.7 Å². The van der Waals surface area contributed by atoms with Gasteiger partial charge in [-0.05, 0) is 54.2 Å². The molecular weight excluding hydrogens is 309 g/mol. The molecule has 3 N–H and O–H groups in total. The molecule has 2 aliphatic rings. The first-order chi connectivity index (χ1) is 9.13. The molecule has 19 heavy (non-hydrogen) atoms. The smallest absolute Gasteiger partial charge is 0.139 e. The summed E-state index contributed by atoms with van der Waals surface area (Å²) in [7, 11) is 0. The highest BCUT2D eigenvalue weighted by Gasteiger charge is 2.31. The molecule has 104 valence electrons. The van der Waals surface area contributed by atoms with Crippen molar-refractivity contribution in [3.05, 3.63) is 22.4 Å². The van der Waals surface area contributed by atoms with E-state index in [0.717, 1.165) is 25.1 Å². The number of piperidine rings is 1. The standard InChI is InChI=1S/C14H19BrFN3/c15-11-7-13(17)14(8-12(11)16)18-9-3-5-19-4-1-2-10(19)6-9/h7-10,18H,1-6,17H2. The second kappa shape index (κ2) is 5.29. The summed E-state index contributed by atoms with van der Waals surface area (Å²) in [5.41, 5.74) is 7.26.